The molecule has 1 saturated heterocycles. The Hall–Kier alpha value is -1.51. The second-order valence-corrected chi connectivity index (χ2v) is 11.5. The Labute approximate surface area is 170 Å². The van der Waals surface area contributed by atoms with Gasteiger partial charge in [-0.2, -0.15) is 0 Å². The molecule has 1 amide bonds. The highest BCUT2D eigenvalue weighted by atomic mass is 32.2. The summed E-state index contributed by atoms with van der Waals surface area (Å²) in [7, 11) is 0. The molecule has 2 atom stereocenters. The van der Waals surface area contributed by atoms with E-state index in [9.17, 15) is 9.35 Å². The molecule has 0 bridgehead atoms. The van der Waals surface area contributed by atoms with Crippen LogP contribution in [0, 0.1) is 0 Å². The molecule has 1 unspecified atom stereocenters. The lowest BCUT2D eigenvalue weighted by Crippen LogP contribution is -2.56. The number of ether oxygens (including phenoxy) is 2. The number of amides is 1. The standard InChI is InChI=1S/C20H31N3O4S/c1-18(2,3)27-17(24)23-12-9-20(10-13-23)15(22-28(25)19(4,5)6)14-8-7-11-21-16(14)26-20/h7-8,11,15,22H,9-10,12-13H2,1-6H3/t15?,28-/m0/s1. The Morgan fingerprint density at radius 1 is 1.32 bits per heavy atom. The van der Waals surface area contributed by atoms with Crippen LogP contribution in [-0.4, -0.2) is 49.6 Å². The lowest BCUT2D eigenvalue weighted by Gasteiger charge is -2.42. The molecular formula is C20H31N3O4S. The molecule has 2 aliphatic rings. The number of carbonyl (C=O) groups excluding carboxylic acids is 1. The van der Waals surface area contributed by atoms with Crippen LogP contribution in [0.2, 0.25) is 0 Å². The highest BCUT2D eigenvalue weighted by molar-refractivity contribution is 7.90. The van der Waals surface area contributed by atoms with E-state index in [4.69, 9.17) is 9.47 Å². The number of hydrogen-bond acceptors (Lipinski definition) is 6. The van der Waals surface area contributed by atoms with Gasteiger partial charge in [0.25, 0.3) is 0 Å². The van der Waals surface area contributed by atoms with Crippen LogP contribution in [0.3, 0.4) is 0 Å². The molecule has 1 aromatic heterocycles. The number of fused-ring (bicyclic) bond motifs is 1. The lowest BCUT2D eigenvalue weighted by atomic mass is 9.83. The molecule has 0 aliphatic carbocycles. The molecule has 0 radical (unpaired) electrons. The topological polar surface area (TPSA) is 86.8 Å². The van der Waals surface area contributed by atoms with Gasteiger partial charge in [0.2, 0.25) is 5.88 Å². The zero-order valence-electron chi connectivity index (χ0n) is 17.6. The Balaban J connectivity index is 1.78. The average molecular weight is 410 g/mol. The molecular weight excluding hydrogens is 378 g/mol. The van der Waals surface area contributed by atoms with Gasteiger partial charge in [0.15, 0.2) is 0 Å². The number of rotatable bonds is 2. The van der Waals surface area contributed by atoms with Crippen molar-refractivity contribution in [2.75, 3.05) is 13.1 Å². The van der Waals surface area contributed by atoms with Crippen LogP contribution in [-0.2, 0) is 16.1 Å². The van der Waals surface area contributed by atoms with Gasteiger partial charge < -0.3 is 18.9 Å². The zero-order chi connectivity index (χ0) is 20.7. The lowest BCUT2D eigenvalue weighted by molar-refractivity contribution is -0.0217. The van der Waals surface area contributed by atoms with E-state index in [0.717, 1.165) is 5.56 Å². The molecule has 1 fully saturated rings. The van der Waals surface area contributed by atoms with Gasteiger partial charge in [-0.1, -0.05) is 6.07 Å². The van der Waals surface area contributed by atoms with Crippen molar-refractivity contribution in [2.45, 2.75) is 76.4 Å². The number of piperidine rings is 1. The monoisotopic (exact) mass is 409 g/mol. The fourth-order valence-corrected chi connectivity index (χ4v) is 4.39. The van der Waals surface area contributed by atoms with Crippen molar-refractivity contribution < 1.29 is 18.8 Å². The summed E-state index contributed by atoms with van der Waals surface area (Å²) >= 11 is -1.26. The van der Waals surface area contributed by atoms with E-state index in [0.29, 0.717) is 31.8 Å². The number of hydrogen-bond donors (Lipinski definition) is 1. The molecule has 7 nitrogen and oxygen atoms in total. The van der Waals surface area contributed by atoms with Gasteiger partial charge in [0, 0.05) is 49.1 Å². The quantitative estimate of drug-likeness (QED) is 0.754. The first-order valence-electron chi connectivity index (χ1n) is 9.71. The van der Waals surface area contributed by atoms with Gasteiger partial charge in [0.1, 0.15) is 22.0 Å². The second-order valence-electron chi connectivity index (χ2n) is 9.46. The summed E-state index contributed by atoms with van der Waals surface area (Å²) in [5.41, 5.74) is -0.175. The fourth-order valence-electron chi connectivity index (χ4n) is 3.48. The summed E-state index contributed by atoms with van der Waals surface area (Å²) in [6.07, 6.45) is 2.62. The molecule has 2 aliphatic heterocycles. The number of aromatic nitrogens is 1. The molecule has 156 valence electrons. The van der Waals surface area contributed by atoms with Crippen molar-refractivity contribution in [3.63, 3.8) is 0 Å². The summed E-state index contributed by atoms with van der Waals surface area (Å²) < 4.78 is 27.5. The summed E-state index contributed by atoms with van der Waals surface area (Å²) in [6, 6.07) is 3.60. The molecule has 3 heterocycles. The van der Waals surface area contributed by atoms with Crippen LogP contribution in [0.15, 0.2) is 18.3 Å². The number of pyridine rings is 1. The minimum absolute atomic E-state index is 0.239. The summed E-state index contributed by atoms with van der Waals surface area (Å²) in [5.74, 6) is 0.580. The largest absolute Gasteiger partial charge is 0.598 e. The van der Waals surface area contributed by atoms with E-state index < -0.39 is 27.3 Å². The molecule has 1 spiro atoms. The van der Waals surface area contributed by atoms with E-state index in [-0.39, 0.29) is 12.1 Å². The predicted molar refractivity (Wildman–Crippen MR) is 108 cm³/mol. The Bertz CT molecular complexity index is 721. The van der Waals surface area contributed by atoms with Gasteiger partial charge in [-0.05, 0) is 47.6 Å². The maximum atomic E-state index is 12.8. The first kappa shape index (κ1) is 21.2. The number of nitrogens with one attached hydrogen (secondary N) is 1. The molecule has 0 saturated carbocycles. The van der Waals surface area contributed by atoms with Gasteiger partial charge >= 0.3 is 6.09 Å². The summed E-state index contributed by atoms with van der Waals surface area (Å²) in [5, 5.41) is 0. The van der Waals surface area contributed by atoms with Crippen molar-refractivity contribution in [2.24, 2.45) is 0 Å². The first-order chi connectivity index (χ1) is 12.9. The maximum absolute atomic E-state index is 12.8. The molecule has 3 rings (SSSR count). The Morgan fingerprint density at radius 2 is 1.96 bits per heavy atom. The highest BCUT2D eigenvalue weighted by Gasteiger charge is 2.54. The summed E-state index contributed by atoms with van der Waals surface area (Å²) in [6.45, 7) is 12.4. The Morgan fingerprint density at radius 3 is 2.54 bits per heavy atom. The van der Waals surface area contributed by atoms with E-state index in [2.05, 4.69) is 9.71 Å². The van der Waals surface area contributed by atoms with Gasteiger partial charge in [-0.15, -0.1) is 4.72 Å². The van der Waals surface area contributed by atoms with Crippen LogP contribution in [0.25, 0.3) is 0 Å². The third-order valence-corrected chi connectivity index (χ3v) is 6.54. The number of likely N-dealkylation sites (tertiary alicyclic amines) is 1. The van der Waals surface area contributed by atoms with Gasteiger partial charge in [-0.3, -0.25) is 0 Å². The summed E-state index contributed by atoms with van der Waals surface area (Å²) in [4.78, 5) is 18.5. The molecule has 0 aromatic carbocycles. The number of nitrogens with zero attached hydrogens (tertiary/aromatic N) is 2. The van der Waals surface area contributed by atoms with Crippen molar-refractivity contribution in [3.8, 4) is 5.88 Å². The SMILES string of the molecule is CC(C)(C)OC(=O)N1CCC2(CC1)Oc1ncccc1C2N[S@@+]([O-])C(C)(C)C. The van der Waals surface area contributed by atoms with E-state index in [1.54, 1.807) is 11.1 Å². The zero-order valence-corrected chi connectivity index (χ0v) is 18.4. The van der Waals surface area contributed by atoms with Crippen molar-refractivity contribution >= 4 is 17.5 Å². The molecule has 1 aromatic rings. The minimum Gasteiger partial charge on any atom is -0.598 e. The molecule has 1 N–H and O–H groups in total. The highest BCUT2D eigenvalue weighted by Crippen LogP contribution is 2.48. The van der Waals surface area contributed by atoms with Crippen molar-refractivity contribution in [1.82, 2.24) is 14.6 Å². The minimum atomic E-state index is -1.26. The van der Waals surface area contributed by atoms with E-state index in [1.807, 2.05) is 53.7 Å². The van der Waals surface area contributed by atoms with Crippen molar-refractivity contribution in [1.29, 1.82) is 0 Å². The van der Waals surface area contributed by atoms with Crippen LogP contribution in [0.1, 0.15) is 66.0 Å². The maximum Gasteiger partial charge on any atom is 0.410 e. The van der Waals surface area contributed by atoms with Crippen LogP contribution in [0.4, 0.5) is 4.79 Å². The van der Waals surface area contributed by atoms with Crippen LogP contribution >= 0.6 is 0 Å². The Kier molecular flexibility index (Phi) is 5.59. The molecule has 8 heteroatoms. The third kappa shape index (κ3) is 4.39. The van der Waals surface area contributed by atoms with E-state index in [1.165, 1.54) is 0 Å². The van der Waals surface area contributed by atoms with Crippen LogP contribution < -0.4 is 9.46 Å². The van der Waals surface area contributed by atoms with Gasteiger partial charge in [-0.25, -0.2) is 9.78 Å². The molecule has 28 heavy (non-hydrogen) atoms. The normalized spacial score (nSPS) is 22.5. The van der Waals surface area contributed by atoms with Crippen LogP contribution in [0.5, 0.6) is 5.88 Å². The number of carbonyl (C=O) groups is 1. The first-order valence-corrected chi connectivity index (χ1v) is 10.9. The second kappa shape index (κ2) is 7.39. The average Bonchev–Trinajstić information content (AvgIpc) is 2.86. The van der Waals surface area contributed by atoms with E-state index >= 15 is 0 Å². The third-order valence-electron chi connectivity index (χ3n) is 4.98. The van der Waals surface area contributed by atoms with Gasteiger partial charge in [0.05, 0.1) is 0 Å². The fraction of sp³-hybridized carbons (Fsp3) is 0.700. The smallest absolute Gasteiger partial charge is 0.410 e. The predicted octanol–water partition coefficient (Wildman–Crippen LogP) is 3.34. The van der Waals surface area contributed by atoms with Crippen molar-refractivity contribution in [3.05, 3.63) is 23.9 Å².